The van der Waals surface area contributed by atoms with Crippen molar-refractivity contribution < 1.29 is 22.0 Å². The van der Waals surface area contributed by atoms with Crippen LogP contribution in [0.3, 0.4) is 0 Å². The third kappa shape index (κ3) is 8.20. The van der Waals surface area contributed by atoms with E-state index in [9.17, 15) is 22.0 Å². The highest BCUT2D eigenvalue weighted by atomic mass is 19.1. The summed E-state index contributed by atoms with van der Waals surface area (Å²) in [6.45, 7) is 10.7. The summed E-state index contributed by atoms with van der Waals surface area (Å²) in [6, 6.07) is 14.3. The lowest BCUT2D eigenvalue weighted by molar-refractivity contribution is 0.540. The van der Waals surface area contributed by atoms with Gasteiger partial charge in [-0.15, -0.1) is 0 Å². The third-order valence-corrected chi connectivity index (χ3v) is 5.11. The Bertz CT molecular complexity index is 1210. The van der Waals surface area contributed by atoms with Crippen molar-refractivity contribution in [1.29, 1.82) is 10.5 Å². The topological polar surface area (TPSA) is 47.6 Å². The van der Waals surface area contributed by atoms with Crippen LogP contribution < -0.4 is 0 Å². The van der Waals surface area contributed by atoms with Crippen molar-refractivity contribution >= 4 is 0 Å². The zero-order valence-corrected chi connectivity index (χ0v) is 21.1. The third-order valence-electron chi connectivity index (χ3n) is 5.11. The van der Waals surface area contributed by atoms with Gasteiger partial charge in [-0.2, -0.15) is 10.5 Å². The lowest BCUT2D eigenvalue weighted by atomic mass is 9.97. The van der Waals surface area contributed by atoms with Gasteiger partial charge < -0.3 is 0 Å². The van der Waals surface area contributed by atoms with Crippen LogP contribution in [0.2, 0.25) is 0 Å². The molecule has 3 aromatic carbocycles. The Balaban J connectivity index is 0.000000271. The van der Waals surface area contributed by atoms with Crippen LogP contribution in [0.1, 0.15) is 87.1 Å². The van der Waals surface area contributed by atoms with Gasteiger partial charge in [0.1, 0.15) is 29.1 Å². The number of halogens is 5. The monoisotopic (exact) mass is 500 g/mol. The smallest absolute Gasteiger partial charge is 0.130 e. The Morgan fingerprint density at radius 1 is 0.528 bits per heavy atom. The van der Waals surface area contributed by atoms with E-state index in [0.29, 0.717) is 11.1 Å². The molecule has 3 aromatic rings. The van der Waals surface area contributed by atoms with Crippen LogP contribution in [-0.2, 0) is 0 Å². The van der Waals surface area contributed by atoms with E-state index in [2.05, 4.69) is 0 Å². The highest BCUT2D eigenvalue weighted by Crippen LogP contribution is 2.24. The molecule has 2 nitrogen and oxygen atoms in total. The van der Waals surface area contributed by atoms with Gasteiger partial charge in [-0.1, -0.05) is 53.7 Å². The molecule has 0 heterocycles. The number of hydrogen-bond acceptors (Lipinski definition) is 2. The maximum absolute atomic E-state index is 13.2. The number of nitriles is 2. The van der Waals surface area contributed by atoms with Gasteiger partial charge in [0.2, 0.25) is 0 Å². The van der Waals surface area contributed by atoms with Crippen LogP contribution >= 0.6 is 0 Å². The number of hydrogen-bond donors (Lipinski definition) is 0. The molecule has 0 aromatic heterocycles. The van der Waals surface area contributed by atoms with E-state index in [1.54, 1.807) is 45.9 Å². The van der Waals surface area contributed by atoms with E-state index in [1.165, 1.54) is 24.3 Å². The molecule has 0 radical (unpaired) electrons. The fourth-order valence-electron chi connectivity index (χ4n) is 3.48. The summed E-state index contributed by atoms with van der Waals surface area (Å²) in [6.07, 6.45) is 0. The summed E-state index contributed by atoms with van der Waals surface area (Å²) >= 11 is 0. The summed E-state index contributed by atoms with van der Waals surface area (Å²) in [5.74, 6) is -2.76. The molecule has 0 amide bonds. The molecule has 0 spiro atoms. The summed E-state index contributed by atoms with van der Waals surface area (Å²) in [4.78, 5) is 0. The molecule has 0 atom stereocenters. The Hall–Kier alpha value is -3.71. The first-order chi connectivity index (χ1) is 16.8. The first kappa shape index (κ1) is 30.3. The Morgan fingerprint density at radius 3 is 1.19 bits per heavy atom. The fraction of sp³-hybridized carbons (Fsp3) is 0.310. The molecule has 0 fully saturated rings. The van der Waals surface area contributed by atoms with Crippen molar-refractivity contribution in [1.82, 2.24) is 0 Å². The molecular weight excluding hydrogens is 471 g/mol. The molecule has 0 unspecified atom stereocenters. The van der Waals surface area contributed by atoms with Crippen molar-refractivity contribution in [2.45, 2.75) is 59.3 Å². The van der Waals surface area contributed by atoms with Gasteiger partial charge in [0.25, 0.3) is 0 Å². The maximum Gasteiger partial charge on any atom is 0.130 e. The summed E-state index contributed by atoms with van der Waals surface area (Å²) in [5, 5.41) is 17.1. The van der Waals surface area contributed by atoms with Gasteiger partial charge in [0.05, 0.1) is 23.3 Å². The molecule has 0 aliphatic heterocycles. The lowest BCUT2D eigenvalue weighted by Gasteiger charge is -2.08. The second-order valence-electron chi connectivity index (χ2n) is 8.88. The van der Waals surface area contributed by atoms with Gasteiger partial charge in [-0.25, -0.2) is 22.0 Å². The minimum Gasteiger partial charge on any atom is -0.207 e. The van der Waals surface area contributed by atoms with Gasteiger partial charge in [0, 0.05) is 16.7 Å². The predicted molar refractivity (Wildman–Crippen MR) is 131 cm³/mol. The minimum atomic E-state index is -0.647. The summed E-state index contributed by atoms with van der Waals surface area (Å²) in [7, 11) is 0. The van der Waals surface area contributed by atoms with Gasteiger partial charge in [-0.3, -0.25) is 0 Å². The average Bonchev–Trinajstić information content (AvgIpc) is 2.78. The highest BCUT2D eigenvalue weighted by Gasteiger charge is 2.14. The van der Waals surface area contributed by atoms with Crippen LogP contribution in [0, 0.1) is 51.7 Å². The van der Waals surface area contributed by atoms with Crippen molar-refractivity contribution in [3.05, 3.63) is 105 Å². The normalized spacial score (nSPS) is 10.2. The SMILES string of the molecule is CC(C)c1c(F)cc(C#N)cc1F.CC(C)c1c(F)cccc1C#N.CC(C)c1c(F)cccc1F. The van der Waals surface area contributed by atoms with Crippen LogP contribution in [0.5, 0.6) is 0 Å². The van der Waals surface area contributed by atoms with Gasteiger partial charge >= 0.3 is 0 Å². The summed E-state index contributed by atoms with van der Waals surface area (Å²) in [5.41, 5.74) is 1.18. The number of nitrogens with zero attached hydrogens (tertiary/aromatic N) is 2. The molecule has 0 aliphatic carbocycles. The highest BCUT2D eigenvalue weighted by molar-refractivity contribution is 5.40. The minimum absolute atomic E-state index is 0.0133. The van der Waals surface area contributed by atoms with E-state index in [4.69, 9.17) is 10.5 Å². The Morgan fingerprint density at radius 2 is 0.889 bits per heavy atom. The van der Waals surface area contributed by atoms with E-state index in [0.717, 1.165) is 12.1 Å². The molecule has 0 bridgehead atoms. The van der Waals surface area contributed by atoms with Gasteiger partial charge in [0.15, 0.2) is 0 Å². The fourth-order valence-corrected chi connectivity index (χ4v) is 3.48. The van der Waals surface area contributed by atoms with Crippen molar-refractivity contribution in [2.24, 2.45) is 0 Å². The van der Waals surface area contributed by atoms with Crippen molar-refractivity contribution in [2.75, 3.05) is 0 Å². The van der Waals surface area contributed by atoms with E-state index in [-0.39, 0.29) is 40.3 Å². The first-order valence-electron chi connectivity index (χ1n) is 11.4. The zero-order valence-electron chi connectivity index (χ0n) is 21.1. The Kier molecular flexibility index (Phi) is 11.8. The lowest BCUT2D eigenvalue weighted by Crippen LogP contribution is -1.98. The quantitative estimate of drug-likeness (QED) is 0.337. The summed E-state index contributed by atoms with van der Waals surface area (Å²) < 4.78 is 65.2. The van der Waals surface area contributed by atoms with E-state index >= 15 is 0 Å². The molecular formula is C29H29F5N2. The van der Waals surface area contributed by atoms with E-state index < -0.39 is 23.3 Å². The second kappa shape index (κ2) is 14.0. The van der Waals surface area contributed by atoms with Crippen LogP contribution in [-0.4, -0.2) is 0 Å². The average molecular weight is 501 g/mol. The Labute approximate surface area is 209 Å². The molecule has 36 heavy (non-hydrogen) atoms. The molecule has 0 aliphatic rings. The predicted octanol–water partition coefficient (Wildman–Crippen LogP) is 8.87. The van der Waals surface area contributed by atoms with Crippen LogP contribution in [0.25, 0.3) is 0 Å². The molecule has 0 saturated heterocycles. The first-order valence-corrected chi connectivity index (χ1v) is 11.4. The zero-order chi connectivity index (χ0) is 27.6. The van der Waals surface area contributed by atoms with Crippen molar-refractivity contribution in [3.63, 3.8) is 0 Å². The number of rotatable bonds is 3. The van der Waals surface area contributed by atoms with E-state index in [1.807, 2.05) is 19.9 Å². The van der Waals surface area contributed by atoms with Crippen LogP contribution in [0.15, 0.2) is 48.5 Å². The molecule has 7 heteroatoms. The second-order valence-corrected chi connectivity index (χ2v) is 8.88. The van der Waals surface area contributed by atoms with Crippen LogP contribution in [0.4, 0.5) is 22.0 Å². The molecule has 0 saturated carbocycles. The molecule has 3 rings (SSSR count). The molecule has 0 N–H and O–H groups in total. The largest absolute Gasteiger partial charge is 0.207 e. The standard InChI is InChI=1S/C10H9F2N.C10H10FN.C9H10F2/c1-6(2)10-8(11)3-7(5-13)4-9(10)12;1-7(2)10-8(6-12)4-3-5-9(10)11;1-6(2)9-7(10)4-3-5-8(9)11/h3-4,6H,1-2H3;3-5,7H,1-2H3;3-6H,1-2H3. The molecule has 190 valence electrons. The maximum atomic E-state index is 13.2. The number of benzene rings is 3. The van der Waals surface area contributed by atoms with Crippen molar-refractivity contribution in [3.8, 4) is 12.1 Å². The van der Waals surface area contributed by atoms with Gasteiger partial charge in [-0.05, 0) is 54.2 Å².